The smallest absolute Gasteiger partial charge is 0.146 e. The first-order valence-electron chi connectivity index (χ1n) is 9.79. The number of nitrogens with zero attached hydrogens (tertiary/aromatic N) is 3. The lowest BCUT2D eigenvalue weighted by Crippen LogP contribution is -2.55. The van der Waals surface area contributed by atoms with Crippen LogP contribution in [0.25, 0.3) is 0 Å². The van der Waals surface area contributed by atoms with Crippen LogP contribution in [0, 0.1) is 5.82 Å². The third-order valence-electron chi connectivity index (χ3n) is 5.75. The maximum Gasteiger partial charge on any atom is 0.146 e. The molecule has 2 saturated heterocycles. The van der Waals surface area contributed by atoms with Gasteiger partial charge in [-0.1, -0.05) is 42.5 Å². The maximum absolute atomic E-state index is 14.0. The molecule has 2 aliphatic rings. The van der Waals surface area contributed by atoms with Gasteiger partial charge in [0.1, 0.15) is 5.82 Å². The molecule has 3 nitrogen and oxygen atoms in total. The standard InChI is InChI=1S/C22H28FN3/c23-21-10-4-5-11-22(21)26-15-13-25(14-16-26)20-9-6-12-24(18-20)17-19-7-2-1-3-8-19/h1-5,7-8,10-11,20H,6,9,12-18H2/t20-/m0/s1. The molecule has 0 aromatic heterocycles. The number of rotatable bonds is 4. The van der Waals surface area contributed by atoms with Crippen molar-refractivity contribution in [2.45, 2.75) is 25.4 Å². The van der Waals surface area contributed by atoms with Crippen LogP contribution in [0.15, 0.2) is 54.6 Å². The van der Waals surface area contributed by atoms with Crippen molar-refractivity contribution in [1.29, 1.82) is 0 Å². The Bertz CT molecular complexity index is 698. The minimum atomic E-state index is -0.104. The molecule has 2 heterocycles. The van der Waals surface area contributed by atoms with Crippen LogP contribution in [0.5, 0.6) is 0 Å². The Morgan fingerprint density at radius 1 is 0.846 bits per heavy atom. The molecule has 2 aromatic carbocycles. The quantitative estimate of drug-likeness (QED) is 0.831. The largest absolute Gasteiger partial charge is 0.367 e. The highest BCUT2D eigenvalue weighted by Gasteiger charge is 2.28. The predicted molar refractivity (Wildman–Crippen MR) is 105 cm³/mol. The van der Waals surface area contributed by atoms with Crippen LogP contribution in [0.1, 0.15) is 18.4 Å². The first-order valence-corrected chi connectivity index (χ1v) is 9.79. The Labute approximate surface area is 156 Å². The molecular weight excluding hydrogens is 325 g/mol. The van der Waals surface area contributed by atoms with E-state index in [0.717, 1.165) is 45.0 Å². The Balaban J connectivity index is 1.32. The number of anilines is 1. The topological polar surface area (TPSA) is 9.72 Å². The lowest BCUT2D eigenvalue weighted by Gasteiger charge is -2.44. The number of para-hydroxylation sites is 1. The summed E-state index contributed by atoms with van der Waals surface area (Å²) in [7, 11) is 0. The van der Waals surface area contributed by atoms with E-state index in [1.807, 2.05) is 12.1 Å². The highest BCUT2D eigenvalue weighted by atomic mass is 19.1. The summed E-state index contributed by atoms with van der Waals surface area (Å²) in [5.74, 6) is -0.104. The molecule has 0 unspecified atom stereocenters. The van der Waals surface area contributed by atoms with Crippen LogP contribution >= 0.6 is 0 Å². The lowest BCUT2D eigenvalue weighted by molar-refractivity contribution is 0.0887. The molecule has 0 saturated carbocycles. The molecule has 2 aliphatic heterocycles. The van der Waals surface area contributed by atoms with Gasteiger partial charge in [-0.15, -0.1) is 0 Å². The Morgan fingerprint density at radius 2 is 1.58 bits per heavy atom. The van der Waals surface area contributed by atoms with E-state index in [0.29, 0.717) is 6.04 Å². The maximum atomic E-state index is 14.0. The van der Waals surface area contributed by atoms with E-state index in [2.05, 4.69) is 45.0 Å². The van der Waals surface area contributed by atoms with Gasteiger partial charge >= 0.3 is 0 Å². The first kappa shape index (κ1) is 17.5. The second-order valence-electron chi connectivity index (χ2n) is 7.49. The van der Waals surface area contributed by atoms with Gasteiger partial charge in [0.05, 0.1) is 5.69 Å². The van der Waals surface area contributed by atoms with Gasteiger partial charge in [-0.05, 0) is 37.1 Å². The van der Waals surface area contributed by atoms with Crippen molar-refractivity contribution in [3.63, 3.8) is 0 Å². The first-order chi connectivity index (χ1) is 12.8. The fourth-order valence-electron chi connectivity index (χ4n) is 4.35. The normalized spacial score (nSPS) is 22.5. The number of hydrogen-bond donors (Lipinski definition) is 0. The van der Waals surface area contributed by atoms with Crippen molar-refractivity contribution in [3.05, 3.63) is 66.0 Å². The van der Waals surface area contributed by atoms with Gasteiger partial charge in [0, 0.05) is 45.3 Å². The van der Waals surface area contributed by atoms with Crippen LogP contribution in [0.2, 0.25) is 0 Å². The molecule has 0 N–H and O–H groups in total. The summed E-state index contributed by atoms with van der Waals surface area (Å²) in [6.45, 7) is 7.27. The summed E-state index contributed by atoms with van der Waals surface area (Å²) in [4.78, 5) is 7.40. The van der Waals surface area contributed by atoms with Crippen molar-refractivity contribution in [3.8, 4) is 0 Å². The van der Waals surface area contributed by atoms with E-state index >= 15 is 0 Å². The van der Waals surface area contributed by atoms with Crippen LogP contribution in [-0.2, 0) is 6.54 Å². The second kappa shape index (κ2) is 8.19. The zero-order valence-corrected chi connectivity index (χ0v) is 15.4. The molecule has 0 aliphatic carbocycles. The van der Waals surface area contributed by atoms with Crippen LogP contribution in [0.4, 0.5) is 10.1 Å². The molecule has 0 radical (unpaired) electrons. The Kier molecular flexibility index (Phi) is 5.51. The minimum Gasteiger partial charge on any atom is -0.367 e. The molecule has 0 bridgehead atoms. The molecule has 0 amide bonds. The minimum absolute atomic E-state index is 0.104. The van der Waals surface area contributed by atoms with E-state index < -0.39 is 0 Å². The Hall–Kier alpha value is -1.91. The second-order valence-corrected chi connectivity index (χ2v) is 7.49. The third kappa shape index (κ3) is 4.08. The van der Waals surface area contributed by atoms with Gasteiger partial charge < -0.3 is 4.90 Å². The van der Waals surface area contributed by atoms with Crippen molar-refractivity contribution < 1.29 is 4.39 Å². The van der Waals surface area contributed by atoms with Gasteiger partial charge in [-0.2, -0.15) is 0 Å². The monoisotopic (exact) mass is 353 g/mol. The predicted octanol–water partition coefficient (Wildman–Crippen LogP) is 3.61. The summed E-state index contributed by atoms with van der Waals surface area (Å²) in [6, 6.07) is 18.5. The highest BCUT2D eigenvalue weighted by molar-refractivity contribution is 5.48. The summed E-state index contributed by atoms with van der Waals surface area (Å²) in [5, 5.41) is 0. The zero-order valence-electron chi connectivity index (χ0n) is 15.4. The molecular formula is C22H28FN3. The lowest BCUT2D eigenvalue weighted by atomic mass is 10.0. The zero-order chi connectivity index (χ0) is 17.8. The summed E-state index contributed by atoms with van der Waals surface area (Å²) in [5.41, 5.74) is 2.15. The molecule has 138 valence electrons. The van der Waals surface area contributed by atoms with Gasteiger partial charge in [0.15, 0.2) is 0 Å². The van der Waals surface area contributed by atoms with E-state index in [9.17, 15) is 4.39 Å². The Morgan fingerprint density at radius 3 is 2.35 bits per heavy atom. The fourth-order valence-corrected chi connectivity index (χ4v) is 4.35. The third-order valence-corrected chi connectivity index (χ3v) is 5.75. The number of hydrogen-bond acceptors (Lipinski definition) is 3. The molecule has 26 heavy (non-hydrogen) atoms. The van der Waals surface area contributed by atoms with Gasteiger partial charge in [-0.3, -0.25) is 9.80 Å². The molecule has 0 spiro atoms. The number of piperazine rings is 1. The van der Waals surface area contributed by atoms with Gasteiger partial charge in [-0.25, -0.2) is 4.39 Å². The summed E-state index contributed by atoms with van der Waals surface area (Å²) >= 11 is 0. The number of piperidine rings is 1. The van der Waals surface area contributed by atoms with Crippen molar-refractivity contribution in [2.75, 3.05) is 44.2 Å². The van der Waals surface area contributed by atoms with Crippen molar-refractivity contribution in [1.82, 2.24) is 9.80 Å². The number of benzene rings is 2. The van der Waals surface area contributed by atoms with Crippen LogP contribution in [0.3, 0.4) is 0 Å². The SMILES string of the molecule is Fc1ccccc1N1CCN([C@H]2CCCN(Cc3ccccc3)C2)CC1. The molecule has 4 rings (SSSR count). The van der Waals surface area contributed by atoms with Gasteiger partial charge in [0.2, 0.25) is 0 Å². The number of halogens is 1. The highest BCUT2D eigenvalue weighted by Crippen LogP contribution is 2.23. The number of likely N-dealkylation sites (tertiary alicyclic amines) is 1. The van der Waals surface area contributed by atoms with Gasteiger partial charge in [0.25, 0.3) is 0 Å². The summed E-state index contributed by atoms with van der Waals surface area (Å²) < 4.78 is 14.0. The molecule has 4 heteroatoms. The average Bonchev–Trinajstić information content (AvgIpc) is 2.70. The van der Waals surface area contributed by atoms with E-state index in [4.69, 9.17) is 0 Å². The molecule has 2 aromatic rings. The van der Waals surface area contributed by atoms with E-state index in [1.165, 1.54) is 24.9 Å². The van der Waals surface area contributed by atoms with Crippen molar-refractivity contribution >= 4 is 5.69 Å². The average molecular weight is 353 g/mol. The fraction of sp³-hybridized carbons (Fsp3) is 0.455. The molecule has 1 atom stereocenters. The molecule has 2 fully saturated rings. The van der Waals surface area contributed by atoms with E-state index in [1.54, 1.807) is 12.1 Å². The summed E-state index contributed by atoms with van der Waals surface area (Å²) in [6.07, 6.45) is 2.55. The van der Waals surface area contributed by atoms with Crippen molar-refractivity contribution in [2.24, 2.45) is 0 Å². The van der Waals surface area contributed by atoms with Crippen LogP contribution in [-0.4, -0.2) is 55.1 Å². The van der Waals surface area contributed by atoms with Crippen LogP contribution < -0.4 is 4.90 Å². The van der Waals surface area contributed by atoms with E-state index in [-0.39, 0.29) is 5.82 Å².